The summed E-state index contributed by atoms with van der Waals surface area (Å²) in [5.41, 5.74) is 9.73. The molecule has 0 fully saturated rings. The SMILES string of the molecule is N=C(N)c1ccc(CC(=O)c2ccccc2-c2ccccc2)cc1. The number of hydrogen-bond donors (Lipinski definition) is 2. The molecule has 0 radical (unpaired) electrons. The molecule has 0 aliphatic heterocycles. The summed E-state index contributed by atoms with van der Waals surface area (Å²) in [6, 6.07) is 24.8. The number of rotatable bonds is 5. The maximum atomic E-state index is 12.8. The summed E-state index contributed by atoms with van der Waals surface area (Å²) < 4.78 is 0. The van der Waals surface area contributed by atoms with Gasteiger partial charge in [-0.15, -0.1) is 0 Å². The Morgan fingerprint density at radius 3 is 2.12 bits per heavy atom. The Labute approximate surface area is 141 Å². The van der Waals surface area contributed by atoms with Crippen molar-refractivity contribution in [1.29, 1.82) is 5.41 Å². The minimum atomic E-state index is 0.0299. The second-order valence-electron chi connectivity index (χ2n) is 5.62. The molecule has 0 aliphatic carbocycles. The van der Waals surface area contributed by atoms with Crippen LogP contribution in [0.4, 0.5) is 0 Å². The van der Waals surface area contributed by atoms with E-state index in [0.29, 0.717) is 12.0 Å². The molecule has 118 valence electrons. The molecule has 0 spiro atoms. The normalized spacial score (nSPS) is 10.3. The minimum absolute atomic E-state index is 0.0299. The standard InChI is InChI=1S/C21H18N2O/c22-21(23)17-12-10-15(11-13-17)14-20(24)19-9-5-4-8-18(19)16-6-2-1-3-7-16/h1-13H,14H2,(H3,22,23). The fourth-order valence-electron chi connectivity index (χ4n) is 2.68. The van der Waals surface area contributed by atoms with Gasteiger partial charge in [0.1, 0.15) is 5.84 Å². The van der Waals surface area contributed by atoms with E-state index in [1.165, 1.54) is 0 Å². The summed E-state index contributed by atoms with van der Waals surface area (Å²) in [4.78, 5) is 12.8. The zero-order valence-corrected chi connectivity index (χ0v) is 13.2. The fraction of sp³-hybridized carbons (Fsp3) is 0.0476. The van der Waals surface area contributed by atoms with Crippen molar-refractivity contribution in [1.82, 2.24) is 0 Å². The van der Waals surface area contributed by atoms with Crippen LogP contribution in [0.25, 0.3) is 11.1 Å². The highest BCUT2D eigenvalue weighted by molar-refractivity contribution is 6.03. The lowest BCUT2D eigenvalue weighted by Crippen LogP contribution is -2.11. The first-order valence-corrected chi connectivity index (χ1v) is 7.76. The Hall–Kier alpha value is -3.20. The maximum absolute atomic E-state index is 12.8. The molecular formula is C21H18N2O. The van der Waals surface area contributed by atoms with Crippen LogP contribution in [0.3, 0.4) is 0 Å². The number of Topliss-reactive ketones (excluding diaryl/α,β-unsaturated/α-hetero) is 1. The van der Waals surface area contributed by atoms with Gasteiger partial charge in [-0.2, -0.15) is 0 Å². The van der Waals surface area contributed by atoms with Gasteiger partial charge in [0.2, 0.25) is 0 Å². The Bertz CT molecular complexity index is 868. The molecule has 0 saturated carbocycles. The van der Waals surface area contributed by atoms with Crippen LogP contribution in [0.1, 0.15) is 21.5 Å². The average molecular weight is 314 g/mol. The van der Waals surface area contributed by atoms with Crippen LogP contribution < -0.4 is 5.73 Å². The third-order valence-corrected chi connectivity index (χ3v) is 3.94. The van der Waals surface area contributed by atoms with Crippen molar-refractivity contribution in [2.75, 3.05) is 0 Å². The molecule has 0 amide bonds. The molecule has 0 saturated heterocycles. The predicted molar refractivity (Wildman–Crippen MR) is 97.4 cm³/mol. The summed E-state index contributed by atoms with van der Waals surface area (Å²) >= 11 is 0. The van der Waals surface area contributed by atoms with Crippen molar-refractivity contribution in [3.63, 3.8) is 0 Å². The maximum Gasteiger partial charge on any atom is 0.167 e. The van der Waals surface area contributed by atoms with Crippen LogP contribution in [-0.2, 0) is 6.42 Å². The van der Waals surface area contributed by atoms with E-state index in [9.17, 15) is 4.79 Å². The van der Waals surface area contributed by atoms with Gasteiger partial charge in [0.15, 0.2) is 5.78 Å². The monoisotopic (exact) mass is 314 g/mol. The second-order valence-corrected chi connectivity index (χ2v) is 5.62. The first kappa shape index (κ1) is 15.7. The number of amidine groups is 1. The van der Waals surface area contributed by atoms with Crippen molar-refractivity contribution in [2.24, 2.45) is 5.73 Å². The molecule has 0 heterocycles. The van der Waals surface area contributed by atoms with Crippen LogP contribution in [0.2, 0.25) is 0 Å². The predicted octanol–water partition coefficient (Wildman–Crippen LogP) is 4.06. The van der Waals surface area contributed by atoms with Gasteiger partial charge in [0.05, 0.1) is 0 Å². The van der Waals surface area contributed by atoms with Crippen LogP contribution in [-0.4, -0.2) is 11.6 Å². The number of carbonyl (C=O) groups excluding carboxylic acids is 1. The number of nitrogens with two attached hydrogens (primary N) is 1. The van der Waals surface area contributed by atoms with Gasteiger partial charge in [-0.05, 0) is 16.7 Å². The van der Waals surface area contributed by atoms with Gasteiger partial charge in [0.25, 0.3) is 0 Å². The number of benzene rings is 3. The lowest BCUT2D eigenvalue weighted by atomic mass is 9.94. The molecule has 3 aromatic carbocycles. The van der Waals surface area contributed by atoms with Crippen LogP contribution in [0.5, 0.6) is 0 Å². The number of carbonyl (C=O) groups is 1. The highest BCUT2D eigenvalue weighted by Crippen LogP contribution is 2.24. The number of ketones is 1. The van der Waals surface area contributed by atoms with Crippen LogP contribution in [0, 0.1) is 5.41 Å². The smallest absolute Gasteiger partial charge is 0.167 e. The molecule has 24 heavy (non-hydrogen) atoms. The molecule has 3 N–H and O–H groups in total. The van der Waals surface area contributed by atoms with Gasteiger partial charge in [-0.3, -0.25) is 10.2 Å². The van der Waals surface area contributed by atoms with E-state index >= 15 is 0 Å². The van der Waals surface area contributed by atoms with E-state index in [0.717, 1.165) is 22.3 Å². The zero-order valence-electron chi connectivity index (χ0n) is 13.2. The molecular weight excluding hydrogens is 296 g/mol. The highest BCUT2D eigenvalue weighted by Gasteiger charge is 2.13. The quantitative estimate of drug-likeness (QED) is 0.423. The summed E-state index contributed by atoms with van der Waals surface area (Å²) in [6.07, 6.45) is 0.321. The van der Waals surface area contributed by atoms with Gasteiger partial charge in [-0.1, -0.05) is 78.9 Å². The van der Waals surface area contributed by atoms with Crippen molar-refractivity contribution in [3.8, 4) is 11.1 Å². The average Bonchev–Trinajstić information content (AvgIpc) is 2.63. The molecule has 3 heteroatoms. The highest BCUT2D eigenvalue weighted by atomic mass is 16.1. The van der Waals surface area contributed by atoms with Crippen molar-refractivity contribution in [2.45, 2.75) is 6.42 Å². The van der Waals surface area contributed by atoms with E-state index in [4.69, 9.17) is 11.1 Å². The van der Waals surface area contributed by atoms with Crippen molar-refractivity contribution in [3.05, 3.63) is 95.6 Å². The second kappa shape index (κ2) is 6.92. The van der Waals surface area contributed by atoms with Crippen molar-refractivity contribution < 1.29 is 4.79 Å². The topological polar surface area (TPSA) is 66.9 Å². The summed E-state index contributed by atoms with van der Waals surface area (Å²) in [7, 11) is 0. The zero-order chi connectivity index (χ0) is 16.9. The minimum Gasteiger partial charge on any atom is -0.384 e. The Morgan fingerprint density at radius 2 is 1.46 bits per heavy atom. The molecule has 3 aromatic rings. The molecule has 0 bridgehead atoms. The Balaban J connectivity index is 1.87. The first-order chi connectivity index (χ1) is 11.6. The third-order valence-electron chi connectivity index (χ3n) is 3.94. The fourth-order valence-corrected chi connectivity index (χ4v) is 2.68. The van der Waals surface area contributed by atoms with Gasteiger partial charge in [-0.25, -0.2) is 0 Å². The number of hydrogen-bond acceptors (Lipinski definition) is 2. The van der Waals surface area contributed by atoms with Gasteiger partial charge in [0, 0.05) is 17.5 Å². The summed E-state index contributed by atoms with van der Waals surface area (Å²) in [5.74, 6) is 0.104. The third kappa shape index (κ3) is 3.41. The number of nitrogen functional groups attached to an aromatic ring is 1. The van der Waals surface area contributed by atoms with E-state index in [1.807, 2.05) is 66.7 Å². The largest absolute Gasteiger partial charge is 0.384 e. The van der Waals surface area contributed by atoms with Gasteiger partial charge < -0.3 is 5.73 Å². The van der Waals surface area contributed by atoms with Gasteiger partial charge >= 0.3 is 0 Å². The molecule has 0 atom stereocenters. The molecule has 0 unspecified atom stereocenters. The van der Waals surface area contributed by atoms with E-state index in [2.05, 4.69) is 0 Å². The van der Waals surface area contributed by atoms with E-state index in [-0.39, 0.29) is 11.6 Å². The van der Waals surface area contributed by atoms with E-state index < -0.39 is 0 Å². The lowest BCUT2D eigenvalue weighted by molar-refractivity contribution is 0.0993. The molecule has 3 nitrogen and oxygen atoms in total. The molecule has 0 aromatic heterocycles. The molecule has 0 aliphatic rings. The summed E-state index contributed by atoms with van der Waals surface area (Å²) in [5, 5.41) is 7.42. The van der Waals surface area contributed by atoms with Crippen molar-refractivity contribution >= 4 is 11.6 Å². The molecule has 3 rings (SSSR count). The summed E-state index contributed by atoms with van der Waals surface area (Å²) in [6.45, 7) is 0. The first-order valence-electron chi connectivity index (χ1n) is 7.76. The van der Waals surface area contributed by atoms with E-state index in [1.54, 1.807) is 12.1 Å². The Morgan fingerprint density at radius 1 is 0.833 bits per heavy atom. The van der Waals surface area contributed by atoms with Crippen LogP contribution >= 0.6 is 0 Å². The lowest BCUT2D eigenvalue weighted by Gasteiger charge is -2.09. The number of nitrogens with one attached hydrogen (secondary N) is 1. The van der Waals surface area contributed by atoms with Crippen LogP contribution in [0.15, 0.2) is 78.9 Å². The Kier molecular flexibility index (Phi) is 4.52.